The molecule has 0 aliphatic rings. The van der Waals surface area contributed by atoms with Crippen molar-refractivity contribution in [2.24, 2.45) is 0 Å². The molecule has 0 saturated heterocycles. The summed E-state index contributed by atoms with van der Waals surface area (Å²) in [6.45, 7) is 3.84. The van der Waals surface area contributed by atoms with Crippen molar-refractivity contribution in [1.29, 1.82) is 0 Å². The maximum Gasteiger partial charge on any atom is 0.233 e. The summed E-state index contributed by atoms with van der Waals surface area (Å²) in [7, 11) is 1.66. The van der Waals surface area contributed by atoms with Crippen LogP contribution in [0.25, 0.3) is 10.9 Å². The molecule has 136 valence electrons. The van der Waals surface area contributed by atoms with Gasteiger partial charge in [-0.1, -0.05) is 36.0 Å². The second-order valence-electron chi connectivity index (χ2n) is 5.97. The van der Waals surface area contributed by atoms with E-state index >= 15 is 0 Å². The van der Waals surface area contributed by atoms with Gasteiger partial charge in [-0.15, -0.1) is 11.3 Å². The van der Waals surface area contributed by atoms with E-state index in [1.807, 2.05) is 34.5 Å². The van der Waals surface area contributed by atoms with Gasteiger partial charge in [0.1, 0.15) is 0 Å². The molecular weight excluding hydrogens is 364 g/mol. The van der Waals surface area contributed by atoms with Gasteiger partial charge in [-0.25, -0.2) is 4.98 Å². The molecule has 2 aromatic heterocycles. The maximum atomic E-state index is 12.7. The van der Waals surface area contributed by atoms with E-state index in [-0.39, 0.29) is 5.91 Å². The molecule has 6 heteroatoms. The summed E-state index contributed by atoms with van der Waals surface area (Å²) in [5.74, 6) is 0.480. The Morgan fingerprint density at radius 3 is 2.88 bits per heavy atom. The zero-order valence-corrected chi connectivity index (χ0v) is 16.6. The van der Waals surface area contributed by atoms with Gasteiger partial charge in [0, 0.05) is 23.9 Å². The first-order valence-electron chi connectivity index (χ1n) is 8.45. The van der Waals surface area contributed by atoms with Crippen LogP contribution >= 0.6 is 23.1 Å². The highest BCUT2D eigenvalue weighted by molar-refractivity contribution is 7.99. The number of aromatic nitrogens is 1. The summed E-state index contributed by atoms with van der Waals surface area (Å²) >= 11 is 3.16. The fourth-order valence-corrected chi connectivity index (χ4v) is 4.30. The number of fused-ring (bicyclic) bond motifs is 1. The van der Waals surface area contributed by atoms with E-state index in [0.29, 0.717) is 25.4 Å². The monoisotopic (exact) mass is 386 g/mol. The van der Waals surface area contributed by atoms with Gasteiger partial charge >= 0.3 is 0 Å². The summed E-state index contributed by atoms with van der Waals surface area (Å²) in [4.78, 5) is 20.4. The Hall–Kier alpha value is -1.89. The third-order valence-corrected chi connectivity index (χ3v) is 5.85. The summed E-state index contributed by atoms with van der Waals surface area (Å²) in [6, 6.07) is 14.2. The molecule has 1 aromatic carbocycles. The second kappa shape index (κ2) is 9.16. The lowest BCUT2D eigenvalue weighted by molar-refractivity contribution is -0.129. The van der Waals surface area contributed by atoms with Crippen LogP contribution in [0.5, 0.6) is 0 Å². The first-order chi connectivity index (χ1) is 12.7. The minimum Gasteiger partial charge on any atom is -0.383 e. The average Bonchev–Trinajstić information content (AvgIpc) is 3.16. The number of para-hydroxylation sites is 1. The van der Waals surface area contributed by atoms with Crippen molar-refractivity contribution in [3.05, 3.63) is 58.3 Å². The van der Waals surface area contributed by atoms with Crippen LogP contribution in [-0.4, -0.2) is 41.8 Å². The smallest absolute Gasteiger partial charge is 0.233 e. The Bertz CT molecular complexity index is 865. The molecule has 0 bridgehead atoms. The number of rotatable bonds is 8. The molecule has 2 heterocycles. The van der Waals surface area contributed by atoms with Gasteiger partial charge in [-0.05, 0) is 36.1 Å². The van der Waals surface area contributed by atoms with E-state index in [0.717, 1.165) is 15.9 Å². The number of thiophene rings is 1. The van der Waals surface area contributed by atoms with E-state index in [4.69, 9.17) is 4.74 Å². The molecule has 0 aliphatic carbocycles. The highest BCUT2D eigenvalue weighted by atomic mass is 32.2. The van der Waals surface area contributed by atoms with E-state index in [9.17, 15) is 4.79 Å². The maximum absolute atomic E-state index is 12.7. The molecule has 0 fully saturated rings. The van der Waals surface area contributed by atoms with Crippen LogP contribution in [0.4, 0.5) is 0 Å². The van der Waals surface area contributed by atoms with Gasteiger partial charge in [-0.3, -0.25) is 4.79 Å². The predicted molar refractivity (Wildman–Crippen MR) is 109 cm³/mol. The Kier molecular flexibility index (Phi) is 6.66. The molecular formula is C20H22N2O2S2. The van der Waals surface area contributed by atoms with Crippen LogP contribution < -0.4 is 0 Å². The molecule has 0 atom stereocenters. The summed E-state index contributed by atoms with van der Waals surface area (Å²) < 4.78 is 5.16. The molecule has 3 rings (SSSR count). The van der Waals surface area contributed by atoms with Gasteiger partial charge in [0.25, 0.3) is 0 Å². The standard InChI is InChI=1S/C20H22N2O2S2/c1-15-12-19(21-18-8-4-3-7-17(15)18)26-14-20(23)22(9-10-24-2)13-16-6-5-11-25-16/h3-8,11-12H,9-10,13-14H2,1-2H3. The van der Waals surface area contributed by atoms with Crippen molar-refractivity contribution in [3.8, 4) is 0 Å². The number of thioether (sulfide) groups is 1. The van der Waals surface area contributed by atoms with Crippen LogP contribution in [0.1, 0.15) is 10.4 Å². The van der Waals surface area contributed by atoms with Crippen molar-refractivity contribution < 1.29 is 9.53 Å². The normalized spacial score (nSPS) is 11.0. The number of nitrogens with zero attached hydrogens (tertiary/aromatic N) is 2. The van der Waals surface area contributed by atoms with Crippen molar-refractivity contribution in [1.82, 2.24) is 9.88 Å². The van der Waals surface area contributed by atoms with Crippen molar-refractivity contribution >= 4 is 39.9 Å². The highest BCUT2D eigenvalue weighted by Gasteiger charge is 2.15. The number of benzene rings is 1. The topological polar surface area (TPSA) is 42.4 Å². The second-order valence-corrected chi connectivity index (χ2v) is 8.00. The predicted octanol–water partition coefficient (Wildman–Crippen LogP) is 4.37. The minimum absolute atomic E-state index is 0.105. The lowest BCUT2D eigenvalue weighted by atomic mass is 10.1. The van der Waals surface area contributed by atoms with Crippen LogP contribution in [0.3, 0.4) is 0 Å². The number of aryl methyl sites for hydroxylation is 1. The van der Waals surface area contributed by atoms with Gasteiger partial charge < -0.3 is 9.64 Å². The van der Waals surface area contributed by atoms with Gasteiger partial charge in [-0.2, -0.15) is 0 Å². The number of carbonyl (C=O) groups is 1. The highest BCUT2D eigenvalue weighted by Crippen LogP contribution is 2.24. The van der Waals surface area contributed by atoms with Crippen molar-refractivity contribution in [3.63, 3.8) is 0 Å². The van der Waals surface area contributed by atoms with E-state index in [2.05, 4.69) is 30.1 Å². The zero-order chi connectivity index (χ0) is 18.4. The first kappa shape index (κ1) is 18.9. The zero-order valence-electron chi connectivity index (χ0n) is 15.0. The Morgan fingerprint density at radius 1 is 1.27 bits per heavy atom. The van der Waals surface area contributed by atoms with Gasteiger partial charge in [0.15, 0.2) is 0 Å². The molecule has 0 aliphatic heterocycles. The number of amides is 1. The molecule has 0 saturated carbocycles. The minimum atomic E-state index is 0.105. The summed E-state index contributed by atoms with van der Waals surface area (Å²) in [6.07, 6.45) is 0. The Labute approximate surface area is 162 Å². The number of carbonyl (C=O) groups excluding carboxylic acids is 1. The third-order valence-electron chi connectivity index (χ3n) is 4.09. The van der Waals surface area contributed by atoms with Crippen LogP contribution in [0.15, 0.2) is 52.9 Å². The summed E-state index contributed by atoms with van der Waals surface area (Å²) in [5, 5.41) is 4.07. The van der Waals surface area contributed by atoms with Gasteiger partial charge in [0.2, 0.25) is 5.91 Å². The van der Waals surface area contributed by atoms with Crippen LogP contribution in [0, 0.1) is 6.92 Å². The fraction of sp³-hybridized carbons (Fsp3) is 0.300. The first-order valence-corrected chi connectivity index (χ1v) is 10.3. The fourth-order valence-electron chi connectivity index (χ4n) is 2.70. The van der Waals surface area contributed by atoms with E-state index < -0.39 is 0 Å². The van der Waals surface area contributed by atoms with E-state index in [1.54, 1.807) is 18.4 Å². The average molecular weight is 387 g/mol. The quantitative estimate of drug-likeness (QED) is 0.539. The molecule has 0 radical (unpaired) electrons. The molecule has 4 nitrogen and oxygen atoms in total. The van der Waals surface area contributed by atoms with Crippen molar-refractivity contribution in [2.75, 3.05) is 26.0 Å². The number of methoxy groups -OCH3 is 1. The molecule has 0 unspecified atom stereocenters. The Balaban J connectivity index is 1.67. The molecule has 26 heavy (non-hydrogen) atoms. The molecule has 0 N–H and O–H groups in total. The van der Waals surface area contributed by atoms with Crippen molar-refractivity contribution in [2.45, 2.75) is 18.5 Å². The van der Waals surface area contributed by atoms with E-state index in [1.165, 1.54) is 22.2 Å². The SMILES string of the molecule is COCCN(Cc1cccs1)C(=O)CSc1cc(C)c2ccccc2n1. The van der Waals surface area contributed by atoms with Crippen LogP contribution in [0.2, 0.25) is 0 Å². The number of pyridine rings is 1. The molecule has 0 spiro atoms. The molecule has 1 amide bonds. The number of hydrogen-bond acceptors (Lipinski definition) is 5. The van der Waals surface area contributed by atoms with Gasteiger partial charge in [0.05, 0.1) is 29.4 Å². The molecule has 3 aromatic rings. The number of hydrogen-bond donors (Lipinski definition) is 0. The Morgan fingerprint density at radius 2 is 2.12 bits per heavy atom. The third kappa shape index (κ3) is 4.84. The summed E-state index contributed by atoms with van der Waals surface area (Å²) in [5.41, 5.74) is 2.15. The lowest BCUT2D eigenvalue weighted by Crippen LogP contribution is -2.34. The lowest BCUT2D eigenvalue weighted by Gasteiger charge is -2.21. The largest absolute Gasteiger partial charge is 0.383 e. The van der Waals surface area contributed by atoms with Crippen LogP contribution in [-0.2, 0) is 16.1 Å². The number of ether oxygens (including phenoxy) is 1.